The van der Waals surface area contributed by atoms with Gasteiger partial charge in [-0.15, -0.1) is 0 Å². The van der Waals surface area contributed by atoms with E-state index >= 15 is 0 Å². The van der Waals surface area contributed by atoms with Crippen LogP contribution in [0.1, 0.15) is 193 Å². The second-order valence-corrected chi connectivity index (χ2v) is 33.7. The zero-order valence-corrected chi connectivity index (χ0v) is 75.1. The van der Waals surface area contributed by atoms with Crippen LogP contribution in [0.15, 0.2) is 0 Å². The number of unbranched alkanes of at least 4 members (excludes halogenated alkanes) is 2. The summed E-state index contributed by atoms with van der Waals surface area (Å²) in [7, 11) is 0. The van der Waals surface area contributed by atoms with Crippen LogP contribution in [0.5, 0.6) is 0 Å². The first kappa shape index (κ1) is 115. The molecule has 0 aromatic carbocycles. The number of amides is 17. The summed E-state index contributed by atoms with van der Waals surface area (Å²) in [5.41, 5.74) is 17.4. The largest absolute Gasteiger partial charge is 0.481 e. The van der Waals surface area contributed by atoms with Crippen molar-refractivity contribution in [1.82, 2.24) is 90.0 Å². The average Bonchev–Trinajstić information content (AvgIpc) is 1.67. The van der Waals surface area contributed by atoms with Crippen LogP contribution >= 0.6 is 0 Å². The van der Waals surface area contributed by atoms with Gasteiger partial charge in [0.15, 0.2) is 0 Å². The molecule has 0 bridgehead atoms. The molecule has 1 heterocycles. The van der Waals surface area contributed by atoms with Crippen LogP contribution < -0.4 is 102 Å². The van der Waals surface area contributed by atoms with Gasteiger partial charge in [-0.1, -0.05) is 83.1 Å². The number of aliphatic hydroxyl groups is 3. The summed E-state index contributed by atoms with van der Waals surface area (Å²) in [4.78, 5) is 281. The molecule has 128 heavy (non-hydrogen) atoms. The third-order valence-electron chi connectivity index (χ3n) is 20.0. The second kappa shape index (κ2) is 58.9. The topological polar surface area (TPSA) is 774 Å². The first-order chi connectivity index (χ1) is 59.8. The molecule has 1 rings (SSSR count). The summed E-state index contributed by atoms with van der Waals surface area (Å²) in [6.07, 6.45) is -3.16. The van der Waals surface area contributed by atoms with Gasteiger partial charge in [0, 0.05) is 19.4 Å². The third-order valence-corrected chi connectivity index (χ3v) is 20.0. The molecule has 1 aliphatic heterocycles. The molecule has 48 nitrogen and oxygen atoms in total. The summed E-state index contributed by atoms with van der Waals surface area (Å²) in [6, 6.07) is -23.0. The van der Waals surface area contributed by atoms with E-state index in [1.165, 1.54) is 41.5 Å². The molecule has 0 aromatic rings. The summed E-state index contributed by atoms with van der Waals surface area (Å²) < 4.78 is 0. The number of aliphatic carboxylic acids is 4. The first-order valence-electron chi connectivity index (χ1n) is 42.8. The summed E-state index contributed by atoms with van der Waals surface area (Å²) in [6.45, 7) is 16.3. The van der Waals surface area contributed by atoms with Crippen molar-refractivity contribution in [1.29, 1.82) is 0 Å². The summed E-state index contributed by atoms with van der Waals surface area (Å²) in [5.74, 6) is -26.1. The smallest absolute Gasteiger partial charge is 0.326 e. The number of nitrogens with two attached hydrogens (primary N) is 3. The van der Waals surface area contributed by atoms with Crippen molar-refractivity contribution in [2.45, 2.75) is 289 Å². The highest BCUT2D eigenvalue weighted by molar-refractivity contribution is 6.01. The minimum absolute atomic E-state index is 0.0191. The van der Waals surface area contributed by atoms with Crippen LogP contribution in [0.2, 0.25) is 0 Å². The molecule has 1 fully saturated rings. The summed E-state index contributed by atoms with van der Waals surface area (Å²) >= 11 is 0. The zero-order chi connectivity index (χ0) is 97.7. The van der Waals surface area contributed by atoms with Gasteiger partial charge in [0.2, 0.25) is 100 Å². The number of rotatable bonds is 62. The normalized spacial score (nSPS) is 16.0. The fourth-order valence-electron chi connectivity index (χ4n) is 13.1. The third kappa shape index (κ3) is 43.0. The van der Waals surface area contributed by atoms with E-state index in [4.69, 9.17) is 22.3 Å². The van der Waals surface area contributed by atoms with Gasteiger partial charge in [0.05, 0.1) is 51.4 Å². The lowest BCUT2D eigenvalue weighted by atomic mass is 9.98. The lowest BCUT2D eigenvalue weighted by Crippen LogP contribution is -2.63. The zero-order valence-electron chi connectivity index (χ0n) is 75.1. The van der Waals surface area contributed by atoms with E-state index in [0.717, 1.165) is 11.8 Å². The van der Waals surface area contributed by atoms with Gasteiger partial charge in [0.25, 0.3) is 0 Å². The molecule has 1 saturated heterocycles. The molecule has 0 saturated carbocycles. The van der Waals surface area contributed by atoms with Crippen LogP contribution in [-0.4, -0.2) is 314 Å². The Kier molecular flexibility index (Phi) is 52.7. The fraction of sp³-hybridized carbons (Fsp3) is 0.738. The lowest BCUT2D eigenvalue weighted by molar-refractivity contribution is -0.144. The minimum atomic E-state index is -1.94. The molecule has 0 unspecified atom stereocenters. The van der Waals surface area contributed by atoms with Gasteiger partial charge in [0.1, 0.15) is 84.6 Å². The van der Waals surface area contributed by atoms with Crippen molar-refractivity contribution >= 4 is 124 Å². The van der Waals surface area contributed by atoms with Crippen molar-refractivity contribution in [2.24, 2.45) is 52.7 Å². The van der Waals surface area contributed by atoms with Crippen molar-refractivity contribution in [3.05, 3.63) is 0 Å². The van der Waals surface area contributed by atoms with E-state index in [0.29, 0.717) is 25.7 Å². The molecule has 0 spiro atoms. The van der Waals surface area contributed by atoms with E-state index in [2.05, 4.69) is 79.8 Å². The number of hydrogen-bond acceptors (Lipinski definition) is 27. The van der Waals surface area contributed by atoms with Crippen LogP contribution in [0.3, 0.4) is 0 Å². The number of carbonyl (C=O) groups excluding carboxylic acids is 17. The van der Waals surface area contributed by atoms with E-state index in [9.17, 15) is 131 Å². The Morgan fingerprint density at radius 1 is 0.352 bits per heavy atom. The van der Waals surface area contributed by atoms with Gasteiger partial charge in [-0.05, 0) is 139 Å². The number of aliphatic hydroxyl groups excluding tert-OH is 3. The number of carbonyl (C=O) groups is 21. The Hall–Kier alpha value is -11.4. The van der Waals surface area contributed by atoms with E-state index in [1.807, 2.05) is 19.2 Å². The van der Waals surface area contributed by atoms with Crippen LogP contribution in [0.25, 0.3) is 0 Å². The van der Waals surface area contributed by atoms with Crippen LogP contribution in [-0.2, 0) is 101 Å². The monoisotopic (exact) mass is 1830 g/mol. The standard InChI is InChI=1S/C80H138N20O28/c1-38(2)29-45(83)66(113)89-46(19-14-16-26-81)69(116)94-53(36-101)72(119)90-47(20-15-17-27-82)68(115)92-50(30-39(3)4)67(114)85-35-58(106)88-51(32-61(111)112)71(118)96-63(42(9)10)76(123)97-64(43(11)12)77(124)99-65(44(13)103)78(125)98-62(41(7)8)75(122)95-54(37-102)73(120)93-52(31-40(5)6)79(126)100-28-18-21-55(100)74(121)86-33-56(104)84-34-57(105)87-48(22-24-59(107)108)70(117)91-49(80(127)128)23-25-60(109)110/h38-55,62-65,101-103H,14-37,81-83H2,1-13H3,(H,84,104)(H,85,114)(H,86,121)(H,87,105)(H,88,106)(H,89,113)(H,90,119)(H,91,117)(H,92,115)(H,93,120)(H,94,116)(H,95,122)(H,96,118)(H,97,123)(H,98,125)(H,99,124)(H,107,108)(H,109,110)(H,111,112)(H,127,128)/t44-,45+,46+,47+,48+,49+,50+,51+,52+,53+,54+,55+,62+,63+,64+,65+/m1/s1. The number of likely N-dealkylation sites (tertiary alicyclic amines) is 1. The van der Waals surface area contributed by atoms with Gasteiger partial charge in [-0.3, -0.25) is 95.9 Å². The number of nitrogens with one attached hydrogen (secondary N) is 16. The maximum absolute atomic E-state index is 14.3. The van der Waals surface area contributed by atoms with Crippen molar-refractivity contribution < 1.29 is 136 Å². The predicted molar refractivity (Wildman–Crippen MR) is 455 cm³/mol. The molecule has 0 aliphatic carbocycles. The maximum Gasteiger partial charge on any atom is 0.326 e. The SMILES string of the molecule is CC(C)C[C@H](NC(=O)[C@H](CCCCN)NC(=O)[C@H](CO)NC(=O)[C@H](CCCCN)NC(=O)[C@@H](N)CC(C)C)C(=O)NCC(=O)N[C@@H](CC(=O)O)C(=O)N[C@H](C(=O)N[C@H](C(=O)N[C@H](C(=O)N[C@H](C(=O)N[C@@H](CO)C(=O)N[C@@H](CC(C)C)C(=O)N1CCC[C@H]1C(=O)NCC(=O)NCC(=O)N[C@@H](CCC(=O)O)C(=O)N[C@@H](CCC(=O)O)C(=O)O)C(C)C)[C@@H](C)O)C(C)C)C(C)C. The molecule has 0 radical (unpaired) electrons. The molecule has 17 amide bonds. The second-order valence-electron chi connectivity index (χ2n) is 33.7. The lowest BCUT2D eigenvalue weighted by Gasteiger charge is -2.31. The molecule has 1 aliphatic rings. The number of nitrogens with zero attached hydrogens (tertiary/aromatic N) is 1. The van der Waals surface area contributed by atoms with E-state index in [1.54, 1.807) is 27.7 Å². The summed E-state index contributed by atoms with van der Waals surface area (Å²) in [5, 5.41) is 107. The number of hydrogen-bond donors (Lipinski definition) is 26. The van der Waals surface area contributed by atoms with Crippen molar-refractivity contribution in [2.75, 3.05) is 52.5 Å². The average molecular weight is 1830 g/mol. The Bertz CT molecular complexity index is 3770. The first-order valence-corrected chi connectivity index (χ1v) is 42.8. The molecule has 16 atom stereocenters. The van der Waals surface area contributed by atoms with Gasteiger partial charge < -0.3 is 143 Å². The molecule has 726 valence electrons. The van der Waals surface area contributed by atoms with Crippen molar-refractivity contribution in [3.63, 3.8) is 0 Å². The Morgan fingerprint density at radius 3 is 1.13 bits per heavy atom. The van der Waals surface area contributed by atoms with E-state index in [-0.39, 0.29) is 82.3 Å². The Balaban J connectivity index is 3.29. The number of carboxylic acids is 4. The molecule has 48 heteroatoms. The number of carboxylic acid groups (broad SMARTS) is 4. The highest BCUT2D eigenvalue weighted by Crippen LogP contribution is 2.22. The molecule has 0 aromatic heterocycles. The van der Waals surface area contributed by atoms with Crippen LogP contribution in [0, 0.1) is 35.5 Å². The quantitative estimate of drug-likeness (QED) is 0.0252. The van der Waals surface area contributed by atoms with Gasteiger partial charge >= 0.3 is 23.9 Å². The highest BCUT2D eigenvalue weighted by Gasteiger charge is 2.43. The van der Waals surface area contributed by atoms with Gasteiger partial charge in [-0.2, -0.15) is 0 Å². The highest BCUT2D eigenvalue weighted by atomic mass is 16.4. The fourth-order valence-corrected chi connectivity index (χ4v) is 13.1. The molecular formula is C80H138N20O28. The van der Waals surface area contributed by atoms with Gasteiger partial charge in [-0.25, -0.2) is 4.79 Å². The molecular weight excluding hydrogens is 1690 g/mol. The van der Waals surface area contributed by atoms with Crippen LogP contribution in [0.4, 0.5) is 0 Å². The Labute approximate surface area is 742 Å². The maximum atomic E-state index is 14.3. The predicted octanol–water partition coefficient (Wildman–Crippen LogP) is -8.03. The Morgan fingerprint density at radius 2 is 0.703 bits per heavy atom. The van der Waals surface area contributed by atoms with E-state index < -0.39 is 304 Å². The van der Waals surface area contributed by atoms with Crippen molar-refractivity contribution in [3.8, 4) is 0 Å². The molecule has 29 N–H and O–H groups in total. The minimum Gasteiger partial charge on any atom is -0.481 e.